The largest absolute Gasteiger partial charge is 0.335 e. The van der Waals surface area contributed by atoms with Gasteiger partial charge in [0.05, 0.1) is 0 Å². The predicted molar refractivity (Wildman–Crippen MR) is 66.2 cm³/mol. The van der Waals surface area contributed by atoms with Gasteiger partial charge >= 0.3 is 0 Å². The molecule has 0 amide bonds. The summed E-state index contributed by atoms with van der Waals surface area (Å²) in [5.74, 6) is 1.14. The number of rotatable bonds is 3. The molecule has 2 rings (SSSR count). The molecule has 0 aliphatic heterocycles. The van der Waals surface area contributed by atoms with E-state index < -0.39 is 0 Å². The van der Waals surface area contributed by atoms with Gasteiger partial charge in [-0.25, -0.2) is 4.98 Å². The standard InChI is InChI=1S/C13H23N3/c1-4-16-8-7-15-11(16)9-13(14)6-5-12(2,3)10-13/h7-8H,4-6,9-10,14H2,1-3H3. The van der Waals surface area contributed by atoms with Crippen LogP contribution in [0.15, 0.2) is 12.4 Å². The van der Waals surface area contributed by atoms with Gasteiger partial charge in [0.2, 0.25) is 0 Å². The van der Waals surface area contributed by atoms with E-state index in [1.54, 1.807) is 0 Å². The predicted octanol–water partition coefficient (Wildman–Crippen LogP) is 2.35. The summed E-state index contributed by atoms with van der Waals surface area (Å²) in [6.07, 6.45) is 8.29. The fourth-order valence-electron chi connectivity index (χ4n) is 2.98. The van der Waals surface area contributed by atoms with Crippen molar-refractivity contribution in [1.29, 1.82) is 0 Å². The van der Waals surface area contributed by atoms with Crippen LogP contribution in [0, 0.1) is 5.41 Å². The van der Waals surface area contributed by atoms with Crippen molar-refractivity contribution in [2.75, 3.05) is 0 Å². The zero-order chi connectivity index (χ0) is 11.8. The summed E-state index contributed by atoms with van der Waals surface area (Å²) >= 11 is 0. The van der Waals surface area contributed by atoms with Crippen LogP contribution < -0.4 is 5.73 Å². The van der Waals surface area contributed by atoms with Crippen molar-refractivity contribution in [3.05, 3.63) is 18.2 Å². The molecule has 1 aromatic rings. The van der Waals surface area contributed by atoms with Crippen molar-refractivity contribution in [2.45, 2.75) is 58.5 Å². The van der Waals surface area contributed by atoms with E-state index >= 15 is 0 Å². The molecule has 1 saturated carbocycles. The Balaban J connectivity index is 2.10. The van der Waals surface area contributed by atoms with Crippen LogP contribution in [0.3, 0.4) is 0 Å². The highest BCUT2D eigenvalue weighted by atomic mass is 15.1. The Kier molecular flexibility index (Phi) is 2.82. The van der Waals surface area contributed by atoms with Gasteiger partial charge in [0.25, 0.3) is 0 Å². The van der Waals surface area contributed by atoms with Crippen LogP contribution in [-0.2, 0) is 13.0 Å². The first-order chi connectivity index (χ1) is 7.44. The molecule has 16 heavy (non-hydrogen) atoms. The van der Waals surface area contributed by atoms with Gasteiger partial charge in [0.15, 0.2) is 0 Å². The third-order valence-electron chi connectivity index (χ3n) is 3.78. The number of aryl methyl sites for hydroxylation is 1. The molecule has 0 spiro atoms. The second-order valence-corrected chi connectivity index (χ2v) is 6.01. The number of nitrogens with zero attached hydrogens (tertiary/aromatic N) is 2. The molecule has 1 aliphatic rings. The van der Waals surface area contributed by atoms with Crippen LogP contribution >= 0.6 is 0 Å². The van der Waals surface area contributed by atoms with Crippen molar-refractivity contribution in [3.8, 4) is 0 Å². The van der Waals surface area contributed by atoms with Gasteiger partial charge in [-0.15, -0.1) is 0 Å². The Bertz CT molecular complexity index is 367. The molecule has 0 radical (unpaired) electrons. The topological polar surface area (TPSA) is 43.8 Å². The Morgan fingerprint density at radius 2 is 2.19 bits per heavy atom. The van der Waals surface area contributed by atoms with E-state index in [0.717, 1.165) is 31.6 Å². The van der Waals surface area contributed by atoms with Crippen LogP contribution in [-0.4, -0.2) is 15.1 Å². The maximum Gasteiger partial charge on any atom is 0.110 e. The molecule has 2 N–H and O–H groups in total. The third-order valence-corrected chi connectivity index (χ3v) is 3.78. The van der Waals surface area contributed by atoms with Gasteiger partial charge in [-0.05, 0) is 31.6 Å². The van der Waals surface area contributed by atoms with E-state index in [2.05, 4.69) is 30.3 Å². The molecule has 1 fully saturated rings. The fraction of sp³-hybridized carbons (Fsp3) is 0.769. The minimum absolute atomic E-state index is 0.0399. The van der Waals surface area contributed by atoms with Crippen LogP contribution in [0.4, 0.5) is 0 Å². The summed E-state index contributed by atoms with van der Waals surface area (Å²) in [5, 5.41) is 0. The lowest BCUT2D eigenvalue weighted by Crippen LogP contribution is -2.40. The van der Waals surface area contributed by atoms with E-state index in [1.165, 1.54) is 6.42 Å². The zero-order valence-electron chi connectivity index (χ0n) is 10.7. The summed E-state index contributed by atoms with van der Waals surface area (Å²) in [6.45, 7) is 7.75. The van der Waals surface area contributed by atoms with E-state index in [1.807, 2.05) is 12.4 Å². The maximum atomic E-state index is 6.50. The summed E-state index contributed by atoms with van der Waals surface area (Å²) in [5.41, 5.74) is 6.86. The number of hydrogen-bond acceptors (Lipinski definition) is 2. The minimum Gasteiger partial charge on any atom is -0.335 e. The molecular weight excluding hydrogens is 198 g/mol. The van der Waals surface area contributed by atoms with Crippen LogP contribution in [0.25, 0.3) is 0 Å². The highest BCUT2D eigenvalue weighted by Gasteiger charge is 2.40. The van der Waals surface area contributed by atoms with Gasteiger partial charge in [-0.3, -0.25) is 0 Å². The van der Waals surface area contributed by atoms with E-state index in [9.17, 15) is 0 Å². The number of hydrogen-bond donors (Lipinski definition) is 1. The SMILES string of the molecule is CCn1ccnc1CC1(N)CCC(C)(C)C1. The summed E-state index contributed by atoms with van der Waals surface area (Å²) in [4.78, 5) is 4.43. The van der Waals surface area contributed by atoms with E-state index in [4.69, 9.17) is 5.73 Å². The molecule has 3 nitrogen and oxygen atoms in total. The van der Waals surface area contributed by atoms with Crippen LogP contribution in [0.2, 0.25) is 0 Å². The normalized spacial score (nSPS) is 28.5. The monoisotopic (exact) mass is 221 g/mol. The quantitative estimate of drug-likeness (QED) is 0.851. The lowest BCUT2D eigenvalue weighted by atomic mass is 9.86. The number of aromatic nitrogens is 2. The lowest BCUT2D eigenvalue weighted by Gasteiger charge is -2.26. The average Bonchev–Trinajstić information content (AvgIpc) is 2.71. The summed E-state index contributed by atoms with van der Waals surface area (Å²) in [6, 6.07) is 0. The van der Waals surface area contributed by atoms with Crippen LogP contribution in [0.1, 0.15) is 45.9 Å². The fourth-order valence-corrected chi connectivity index (χ4v) is 2.98. The van der Waals surface area contributed by atoms with E-state index in [0.29, 0.717) is 5.41 Å². The van der Waals surface area contributed by atoms with E-state index in [-0.39, 0.29) is 5.54 Å². The number of nitrogens with two attached hydrogens (primary N) is 1. The first-order valence-electron chi connectivity index (χ1n) is 6.23. The second-order valence-electron chi connectivity index (χ2n) is 6.01. The van der Waals surface area contributed by atoms with Crippen molar-refractivity contribution in [2.24, 2.45) is 11.1 Å². The Morgan fingerprint density at radius 1 is 1.44 bits per heavy atom. The smallest absolute Gasteiger partial charge is 0.110 e. The van der Waals surface area contributed by atoms with Crippen molar-refractivity contribution in [1.82, 2.24) is 9.55 Å². The molecule has 3 heteroatoms. The molecular formula is C13H23N3. The lowest BCUT2D eigenvalue weighted by molar-refractivity contribution is 0.329. The van der Waals surface area contributed by atoms with Gasteiger partial charge in [0.1, 0.15) is 5.82 Å². The van der Waals surface area contributed by atoms with Crippen LogP contribution in [0.5, 0.6) is 0 Å². The molecule has 1 unspecified atom stereocenters. The first kappa shape index (κ1) is 11.6. The molecule has 0 bridgehead atoms. The van der Waals surface area contributed by atoms with Crippen molar-refractivity contribution >= 4 is 0 Å². The zero-order valence-corrected chi connectivity index (χ0v) is 10.7. The minimum atomic E-state index is -0.0399. The highest BCUT2D eigenvalue weighted by Crippen LogP contribution is 2.43. The van der Waals surface area contributed by atoms with Crippen molar-refractivity contribution < 1.29 is 0 Å². The Labute approximate surface area is 98.1 Å². The van der Waals surface area contributed by atoms with Gasteiger partial charge < -0.3 is 10.3 Å². The summed E-state index contributed by atoms with van der Waals surface area (Å²) < 4.78 is 2.19. The molecule has 90 valence electrons. The Hall–Kier alpha value is -0.830. The third kappa shape index (κ3) is 2.29. The Morgan fingerprint density at radius 3 is 2.75 bits per heavy atom. The highest BCUT2D eigenvalue weighted by molar-refractivity contribution is 5.06. The second kappa shape index (κ2) is 3.88. The number of imidazole rings is 1. The molecule has 0 saturated heterocycles. The average molecular weight is 221 g/mol. The maximum absolute atomic E-state index is 6.50. The molecule has 1 aliphatic carbocycles. The molecule has 1 atom stereocenters. The van der Waals surface area contributed by atoms with Gasteiger partial charge in [0, 0.05) is 30.9 Å². The summed E-state index contributed by atoms with van der Waals surface area (Å²) in [7, 11) is 0. The molecule has 1 aromatic heterocycles. The van der Waals surface area contributed by atoms with Gasteiger partial charge in [-0.2, -0.15) is 0 Å². The molecule has 0 aromatic carbocycles. The van der Waals surface area contributed by atoms with Gasteiger partial charge in [-0.1, -0.05) is 13.8 Å². The molecule has 1 heterocycles. The van der Waals surface area contributed by atoms with Crippen molar-refractivity contribution in [3.63, 3.8) is 0 Å². The first-order valence-corrected chi connectivity index (χ1v) is 6.23.